The van der Waals surface area contributed by atoms with E-state index in [4.69, 9.17) is 5.73 Å². The summed E-state index contributed by atoms with van der Waals surface area (Å²) in [6, 6.07) is 9.72. The number of aromatic nitrogens is 2. The number of nitrogens with two attached hydrogens (primary N) is 1. The van der Waals surface area contributed by atoms with E-state index in [9.17, 15) is 4.79 Å². The maximum atomic E-state index is 12.7. The van der Waals surface area contributed by atoms with Crippen LogP contribution in [0, 0.1) is 5.92 Å². The molecule has 0 unspecified atom stereocenters. The highest BCUT2D eigenvalue weighted by atomic mass is 79.9. The van der Waals surface area contributed by atoms with Gasteiger partial charge in [0.05, 0.1) is 5.69 Å². The standard InChI is InChI=1S/C17H21BrN4O/c1-12(19)13-4-3-8-21(11-13)17(23)16-7-9-22(20-16)15-6-2-5-14(18)10-15/h2,5-7,9-10,12-13H,3-4,8,11,19H2,1H3/t12-,13-/m0/s1. The molecule has 2 N–H and O–H groups in total. The molecule has 0 radical (unpaired) electrons. The highest BCUT2D eigenvalue weighted by Crippen LogP contribution is 2.21. The SMILES string of the molecule is C[C@H](N)[C@H]1CCCN(C(=O)c2ccn(-c3cccc(Br)c3)n2)C1. The van der Waals surface area contributed by atoms with Crippen molar-refractivity contribution >= 4 is 21.8 Å². The van der Waals surface area contributed by atoms with Crippen LogP contribution < -0.4 is 5.73 Å². The molecule has 1 aromatic heterocycles. The largest absolute Gasteiger partial charge is 0.337 e. The lowest BCUT2D eigenvalue weighted by Gasteiger charge is -2.34. The lowest BCUT2D eigenvalue weighted by atomic mass is 9.92. The summed E-state index contributed by atoms with van der Waals surface area (Å²) in [5.74, 6) is 0.365. The fraction of sp³-hybridized carbons (Fsp3) is 0.412. The average Bonchev–Trinajstić information content (AvgIpc) is 3.04. The van der Waals surface area contributed by atoms with E-state index in [1.807, 2.05) is 42.3 Å². The normalized spacial score (nSPS) is 19.6. The lowest BCUT2D eigenvalue weighted by Crippen LogP contribution is -2.45. The van der Waals surface area contributed by atoms with Gasteiger partial charge in [-0.25, -0.2) is 4.68 Å². The number of rotatable bonds is 3. The molecule has 2 heterocycles. The highest BCUT2D eigenvalue weighted by Gasteiger charge is 2.27. The fourth-order valence-corrected chi connectivity index (χ4v) is 3.37. The first kappa shape index (κ1) is 16.2. The predicted octanol–water partition coefficient (Wildman–Crippen LogP) is 2.83. The van der Waals surface area contributed by atoms with Crippen molar-refractivity contribution in [3.63, 3.8) is 0 Å². The van der Waals surface area contributed by atoms with Gasteiger partial charge in [-0.05, 0) is 49.9 Å². The zero-order valence-electron chi connectivity index (χ0n) is 13.2. The van der Waals surface area contributed by atoms with E-state index in [-0.39, 0.29) is 11.9 Å². The maximum absolute atomic E-state index is 12.7. The van der Waals surface area contributed by atoms with Gasteiger partial charge in [0.2, 0.25) is 0 Å². The topological polar surface area (TPSA) is 64.2 Å². The van der Waals surface area contributed by atoms with Gasteiger partial charge in [0.25, 0.3) is 5.91 Å². The Balaban J connectivity index is 1.76. The van der Waals surface area contributed by atoms with Crippen LogP contribution in [-0.2, 0) is 0 Å². The third-order valence-electron chi connectivity index (χ3n) is 4.37. The summed E-state index contributed by atoms with van der Waals surface area (Å²) < 4.78 is 2.71. The Morgan fingerprint density at radius 2 is 2.26 bits per heavy atom. The molecule has 0 aliphatic carbocycles. The number of hydrogen-bond donors (Lipinski definition) is 1. The minimum Gasteiger partial charge on any atom is -0.337 e. The molecule has 6 heteroatoms. The van der Waals surface area contributed by atoms with Crippen LogP contribution in [0.3, 0.4) is 0 Å². The second-order valence-corrected chi connectivity index (χ2v) is 7.05. The van der Waals surface area contributed by atoms with Gasteiger partial charge in [0.15, 0.2) is 5.69 Å². The fourth-order valence-electron chi connectivity index (χ4n) is 2.99. The molecule has 0 saturated carbocycles. The molecule has 3 rings (SSSR count). The van der Waals surface area contributed by atoms with Gasteiger partial charge in [0.1, 0.15) is 0 Å². The number of amides is 1. The maximum Gasteiger partial charge on any atom is 0.274 e. The first-order chi connectivity index (χ1) is 11.0. The summed E-state index contributed by atoms with van der Waals surface area (Å²) in [5.41, 5.74) is 7.40. The van der Waals surface area contributed by atoms with E-state index >= 15 is 0 Å². The van der Waals surface area contributed by atoms with Crippen LogP contribution in [0.5, 0.6) is 0 Å². The first-order valence-corrected chi connectivity index (χ1v) is 8.70. The quantitative estimate of drug-likeness (QED) is 0.895. The summed E-state index contributed by atoms with van der Waals surface area (Å²) >= 11 is 3.45. The number of hydrogen-bond acceptors (Lipinski definition) is 3. The predicted molar refractivity (Wildman–Crippen MR) is 93.5 cm³/mol. The van der Waals surface area contributed by atoms with E-state index in [1.165, 1.54) is 0 Å². The Labute approximate surface area is 144 Å². The van der Waals surface area contributed by atoms with E-state index in [0.29, 0.717) is 11.6 Å². The number of likely N-dealkylation sites (tertiary alicyclic amines) is 1. The number of halogens is 1. The van der Waals surface area contributed by atoms with E-state index < -0.39 is 0 Å². The summed E-state index contributed by atoms with van der Waals surface area (Å²) in [7, 11) is 0. The summed E-state index contributed by atoms with van der Waals surface area (Å²) in [6.07, 6.45) is 3.92. The van der Waals surface area contributed by atoms with Crippen molar-refractivity contribution in [2.75, 3.05) is 13.1 Å². The van der Waals surface area contributed by atoms with Gasteiger partial charge in [-0.2, -0.15) is 5.10 Å². The van der Waals surface area contributed by atoms with Crippen molar-refractivity contribution in [3.8, 4) is 5.69 Å². The van der Waals surface area contributed by atoms with Crippen molar-refractivity contribution in [2.24, 2.45) is 11.7 Å². The van der Waals surface area contributed by atoms with Crippen molar-refractivity contribution in [1.82, 2.24) is 14.7 Å². The third-order valence-corrected chi connectivity index (χ3v) is 4.86. The summed E-state index contributed by atoms with van der Waals surface area (Å²) in [6.45, 7) is 3.52. The molecule has 1 aliphatic heterocycles. The minimum absolute atomic E-state index is 0.0101. The Hall–Kier alpha value is -1.66. The summed E-state index contributed by atoms with van der Waals surface area (Å²) in [4.78, 5) is 14.6. The molecule has 23 heavy (non-hydrogen) atoms. The first-order valence-electron chi connectivity index (χ1n) is 7.91. The molecule has 0 spiro atoms. The molecule has 2 atom stereocenters. The van der Waals surface area contributed by atoms with Gasteiger partial charge in [-0.3, -0.25) is 4.79 Å². The van der Waals surface area contributed by atoms with Crippen molar-refractivity contribution in [2.45, 2.75) is 25.8 Å². The second kappa shape index (κ2) is 6.84. The van der Waals surface area contributed by atoms with Gasteiger partial charge in [-0.1, -0.05) is 22.0 Å². The van der Waals surface area contributed by atoms with Crippen LogP contribution in [0.15, 0.2) is 41.0 Å². The smallest absolute Gasteiger partial charge is 0.274 e. The molecule has 1 aromatic carbocycles. The van der Waals surface area contributed by atoms with Gasteiger partial charge in [0, 0.05) is 29.8 Å². The Kier molecular flexibility index (Phi) is 4.82. The molecule has 122 valence electrons. The Morgan fingerprint density at radius 3 is 3.00 bits per heavy atom. The number of carbonyl (C=O) groups is 1. The molecule has 0 bridgehead atoms. The Bertz CT molecular complexity index is 697. The van der Waals surface area contributed by atoms with Gasteiger partial charge < -0.3 is 10.6 Å². The molecule has 1 amide bonds. The van der Waals surface area contributed by atoms with E-state index in [0.717, 1.165) is 36.1 Å². The molecular weight excluding hydrogens is 356 g/mol. The molecule has 5 nitrogen and oxygen atoms in total. The van der Waals surface area contributed by atoms with Crippen LogP contribution >= 0.6 is 15.9 Å². The van der Waals surface area contributed by atoms with Crippen molar-refractivity contribution in [1.29, 1.82) is 0 Å². The van der Waals surface area contributed by atoms with E-state index in [2.05, 4.69) is 21.0 Å². The number of piperidine rings is 1. The van der Waals surface area contributed by atoms with Crippen molar-refractivity contribution < 1.29 is 4.79 Å². The third kappa shape index (κ3) is 3.64. The average molecular weight is 377 g/mol. The highest BCUT2D eigenvalue weighted by molar-refractivity contribution is 9.10. The zero-order valence-corrected chi connectivity index (χ0v) is 14.7. The van der Waals surface area contributed by atoms with Gasteiger partial charge >= 0.3 is 0 Å². The molecule has 1 aliphatic rings. The van der Waals surface area contributed by atoms with Crippen LogP contribution in [-0.4, -0.2) is 39.7 Å². The number of carbonyl (C=O) groups excluding carboxylic acids is 1. The Morgan fingerprint density at radius 1 is 1.43 bits per heavy atom. The molecule has 1 fully saturated rings. The molecular formula is C17H21BrN4O. The van der Waals surface area contributed by atoms with Crippen LogP contribution in [0.1, 0.15) is 30.3 Å². The molecule has 2 aromatic rings. The zero-order chi connectivity index (χ0) is 16.4. The second-order valence-electron chi connectivity index (χ2n) is 6.14. The number of benzene rings is 1. The minimum atomic E-state index is -0.0101. The summed E-state index contributed by atoms with van der Waals surface area (Å²) in [5, 5.41) is 4.44. The monoisotopic (exact) mass is 376 g/mol. The number of nitrogens with zero attached hydrogens (tertiary/aromatic N) is 3. The van der Waals surface area contributed by atoms with Crippen LogP contribution in [0.25, 0.3) is 5.69 Å². The van der Waals surface area contributed by atoms with Crippen LogP contribution in [0.2, 0.25) is 0 Å². The van der Waals surface area contributed by atoms with Crippen LogP contribution in [0.4, 0.5) is 0 Å². The molecule has 1 saturated heterocycles. The van der Waals surface area contributed by atoms with Crippen molar-refractivity contribution in [3.05, 3.63) is 46.7 Å². The van der Waals surface area contributed by atoms with Gasteiger partial charge in [-0.15, -0.1) is 0 Å². The lowest BCUT2D eigenvalue weighted by molar-refractivity contribution is 0.0654. The van der Waals surface area contributed by atoms with E-state index in [1.54, 1.807) is 10.7 Å².